The van der Waals surface area contributed by atoms with Gasteiger partial charge >= 0.3 is 6.09 Å². The molecule has 122 valence electrons. The molecule has 1 aromatic carbocycles. The average molecular weight is 304 g/mol. The zero-order valence-electron chi connectivity index (χ0n) is 13.5. The summed E-state index contributed by atoms with van der Waals surface area (Å²) in [5.41, 5.74) is 7.22. The Balaban J connectivity index is 1.68. The molecule has 0 unspecified atom stereocenters. The second kappa shape index (κ2) is 8.79. The molecular formula is C18H28N2O2. The number of nitrogens with two attached hydrogens (primary N) is 1. The highest BCUT2D eigenvalue weighted by atomic mass is 16.5. The van der Waals surface area contributed by atoms with Crippen LogP contribution in [0, 0.1) is 5.92 Å². The molecule has 1 aliphatic carbocycles. The maximum absolute atomic E-state index is 11.8. The normalized spacial score (nSPS) is 18.5. The Morgan fingerprint density at radius 1 is 1.27 bits per heavy atom. The smallest absolute Gasteiger partial charge is 0.407 e. The summed E-state index contributed by atoms with van der Waals surface area (Å²) in [6, 6.07) is 9.60. The lowest BCUT2D eigenvalue weighted by atomic mass is 9.84. The summed E-state index contributed by atoms with van der Waals surface area (Å²) in [6.07, 6.45) is 7.13. The molecule has 2 rings (SSSR count). The molecule has 0 saturated heterocycles. The third kappa shape index (κ3) is 5.68. The fraction of sp³-hybridized carbons (Fsp3) is 0.611. The number of carbonyl (C=O) groups is 1. The maximum atomic E-state index is 11.8. The van der Waals surface area contributed by atoms with Crippen LogP contribution in [-0.2, 0) is 11.3 Å². The molecule has 1 saturated carbocycles. The van der Waals surface area contributed by atoms with E-state index < -0.39 is 6.09 Å². The van der Waals surface area contributed by atoms with Gasteiger partial charge in [-0.3, -0.25) is 0 Å². The zero-order valence-corrected chi connectivity index (χ0v) is 13.5. The van der Waals surface area contributed by atoms with E-state index in [9.17, 15) is 4.79 Å². The Morgan fingerprint density at radius 2 is 1.95 bits per heavy atom. The van der Waals surface area contributed by atoms with E-state index in [1.807, 2.05) is 37.3 Å². The minimum absolute atomic E-state index is 0.00706. The summed E-state index contributed by atoms with van der Waals surface area (Å²) in [6.45, 7) is 2.24. The summed E-state index contributed by atoms with van der Waals surface area (Å²) < 4.78 is 5.23. The van der Waals surface area contributed by atoms with E-state index in [0.717, 1.165) is 12.0 Å². The lowest BCUT2D eigenvalue weighted by molar-refractivity contribution is 0.134. The van der Waals surface area contributed by atoms with Crippen LogP contribution in [0.4, 0.5) is 4.79 Å². The molecule has 0 bridgehead atoms. The van der Waals surface area contributed by atoms with Crippen LogP contribution < -0.4 is 11.1 Å². The van der Waals surface area contributed by atoms with E-state index in [2.05, 4.69) is 5.32 Å². The molecule has 4 nitrogen and oxygen atoms in total. The Labute approximate surface area is 133 Å². The molecule has 0 radical (unpaired) electrons. The third-order valence-corrected chi connectivity index (χ3v) is 4.53. The Hall–Kier alpha value is -1.55. The largest absolute Gasteiger partial charge is 0.445 e. The van der Waals surface area contributed by atoms with E-state index in [1.165, 1.54) is 32.1 Å². The van der Waals surface area contributed by atoms with Crippen molar-refractivity contribution < 1.29 is 9.53 Å². The molecule has 1 aromatic rings. The van der Waals surface area contributed by atoms with Gasteiger partial charge in [-0.1, -0.05) is 62.4 Å². The van der Waals surface area contributed by atoms with Crippen molar-refractivity contribution in [3.05, 3.63) is 35.9 Å². The number of hydrogen-bond acceptors (Lipinski definition) is 3. The van der Waals surface area contributed by atoms with Gasteiger partial charge in [0.05, 0.1) is 0 Å². The highest BCUT2D eigenvalue weighted by Crippen LogP contribution is 2.27. The Morgan fingerprint density at radius 3 is 2.64 bits per heavy atom. The molecular weight excluding hydrogens is 276 g/mol. The standard InChI is InChI=1S/C18H28N2O2/c1-14(17(19)12-15-8-4-2-5-9-15)20-18(21)22-13-16-10-6-3-7-11-16/h3,6-7,10-11,14-15,17H,2,4-5,8-9,12-13,19H2,1H3,(H,20,21)/t14-,17-/m0/s1. The molecule has 1 amide bonds. The molecule has 0 aliphatic heterocycles. The lowest BCUT2D eigenvalue weighted by Gasteiger charge is -2.28. The van der Waals surface area contributed by atoms with Gasteiger partial charge in [0.1, 0.15) is 6.61 Å². The fourth-order valence-electron chi connectivity index (χ4n) is 3.07. The van der Waals surface area contributed by atoms with E-state index in [0.29, 0.717) is 5.92 Å². The predicted molar refractivity (Wildman–Crippen MR) is 88.4 cm³/mol. The second-order valence-electron chi connectivity index (χ2n) is 6.40. The number of alkyl carbamates (subject to hydrolysis) is 1. The van der Waals surface area contributed by atoms with Crippen LogP contribution in [0.25, 0.3) is 0 Å². The predicted octanol–water partition coefficient (Wildman–Crippen LogP) is 3.60. The minimum Gasteiger partial charge on any atom is -0.445 e. The molecule has 2 atom stereocenters. The monoisotopic (exact) mass is 304 g/mol. The maximum Gasteiger partial charge on any atom is 0.407 e. The van der Waals surface area contributed by atoms with Crippen molar-refractivity contribution in [2.24, 2.45) is 11.7 Å². The van der Waals surface area contributed by atoms with E-state index in [1.54, 1.807) is 0 Å². The summed E-state index contributed by atoms with van der Waals surface area (Å²) in [7, 11) is 0. The number of amides is 1. The van der Waals surface area contributed by atoms with Crippen molar-refractivity contribution in [1.29, 1.82) is 0 Å². The number of carbonyl (C=O) groups excluding carboxylic acids is 1. The Kier molecular flexibility index (Phi) is 6.72. The molecule has 0 spiro atoms. The first-order valence-corrected chi connectivity index (χ1v) is 8.38. The van der Waals surface area contributed by atoms with E-state index >= 15 is 0 Å². The first-order chi connectivity index (χ1) is 10.6. The molecule has 4 heteroatoms. The van der Waals surface area contributed by atoms with Gasteiger partial charge in [-0.05, 0) is 24.8 Å². The number of ether oxygens (including phenoxy) is 1. The van der Waals surface area contributed by atoms with Gasteiger partial charge in [-0.2, -0.15) is 0 Å². The highest BCUT2D eigenvalue weighted by Gasteiger charge is 2.21. The van der Waals surface area contributed by atoms with Crippen molar-refractivity contribution in [1.82, 2.24) is 5.32 Å². The van der Waals surface area contributed by atoms with Crippen molar-refractivity contribution in [2.75, 3.05) is 0 Å². The molecule has 0 heterocycles. The summed E-state index contributed by atoms with van der Waals surface area (Å²) in [5, 5.41) is 2.85. The molecule has 1 fully saturated rings. The van der Waals surface area contributed by atoms with Crippen molar-refractivity contribution in [2.45, 2.75) is 64.1 Å². The lowest BCUT2D eigenvalue weighted by Crippen LogP contribution is -2.46. The SMILES string of the molecule is C[C@H](NC(=O)OCc1ccccc1)[C@@H](N)CC1CCCCC1. The van der Waals surface area contributed by atoms with Gasteiger partial charge in [0, 0.05) is 12.1 Å². The van der Waals surface area contributed by atoms with Gasteiger partial charge in [0.25, 0.3) is 0 Å². The highest BCUT2D eigenvalue weighted by molar-refractivity contribution is 5.67. The first-order valence-electron chi connectivity index (χ1n) is 8.38. The molecule has 22 heavy (non-hydrogen) atoms. The van der Waals surface area contributed by atoms with Crippen LogP contribution in [0.15, 0.2) is 30.3 Å². The van der Waals surface area contributed by atoms with Crippen molar-refractivity contribution in [3.8, 4) is 0 Å². The van der Waals surface area contributed by atoms with Crippen LogP contribution in [-0.4, -0.2) is 18.2 Å². The number of rotatable bonds is 6. The summed E-state index contributed by atoms with van der Waals surface area (Å²) >= 11 is 0. The van der Waals surface area contributed by atoms with Crippen molar-refractivity contribution >= 4 is 6.09 Å². The van der Waals surface area contributed by atoms with Crippen LogP contribution in [0.1, 0.15) is 51.0 Å². The molecule has 1 aliphatic rings. The fourth-order valence-corrected chi connectivity index (χ4v) is 3.07. The topological polar surface area (TPSA) is 64.3 Å². The van der Waals surface area contributed by atoms with E-state index in [4.69, 9.17) is 10.5 Å². The van der Waals surface area contributed by atoms with Gasteiger partial charge < -0.3 is 15.8 Å². The van der Waals surface area contributed by atoms with Gasteiger partial charge in [-0.15, -0.1) is 0 Å². The minimum atomic E-state index is -0.393. The van der Waals surface area contributed by atoms with Gasteiger partial charge in [0.2, 0.25) is 0 Å². The second-order valence-corrected chi connectivity index (χ2v) is 6.40. The summed E-state index contributed by atoms with van der Waals surface area (Å²) in [4.78, 5) is 11.8. The van der Waals surface area contributed by atoms with Crippen LogP contribution >= 0.6 is 0 Å². The van der Waals surface area contributed by atoms with Crippen LogP contribution in [0.2, 0.25) is 0 Å². The molecule has 0 aromatic heterocycles. The van der Waals surface area contributed by atoms with Crippen LogP contribution in [0.5, 0.6) is 0 Å². The van der Waals surface area contributed by atoms with Crippen LogP contribution in [0.3, 0.4) is 0 Å². The van der Waals surface area contributed by atoms with E-state index in [-0.39, 0.29) is 18.7 Å². The summed E-state index contributed by atoms with van der Waals surface area (Å²) in [5.74, 6) is 0.716. The number of nitrogens with one attached hydrogen (secondary N) is 1. The average Bonchev–Trinajstić information content (AvgIpc) is 2.55. The third-order valence-electron chi connectivity index (χ3n) is 4.53. The van der Waals surface area contributed by atoms with Crippen molar-refractivity contribution in [3.63, 3.8) is 0 Å². The van der Waals surface area contributed by atoms with Gasteiger partial charge in [-0.25, -0.2) is 4.79 Å². The zero-order chi connectivity index (χ0) is 15.8. The number of benzene rings is 1. The number of hydrogen-bond donors (Lipinski definition) is 2. The van der Waals surface area contributed by atoms with Gasteiger partial charge in [0.15, 0.2) is 0 Å². The first kappa shape index (κ1) is 16.8. The quantitative estimate of drug-likeness (QED) is 0.844. The Bertz CT molecular complexity index is 444. The molecule has 3 N–H and O–H groups in total.